The smallest absolute Gasteiger partial charge is 0.265 e. The van der Waals surface area contributed by atoms with E-state index in [0.717, 1.165) is 5.56 Å². The Bertz CT molecular complexity index is 1020. The Balaban J connectivity index is 1.83. The first-order valence-electron chi connectivity index (χ1n) is 10.2. The first-order chi connectivity index (χ1) is 14.9. The number of amides is 1. The molecule has 0 spiro atoms. The standard InChI is InChI=1S/C22H28N2O6S/c1-4-19(30-20-8-6-5-7-16(20)2)22(25)23-18-15-17(9-10-21(18)28-3)31(26,27)24-11-13-29-14-12-24/h5-10,15,19H,4,11-14H2,1-3H3,(H,23,25)/t19-/m0/s1. The average Bonchev–Trinajstić information content (AvgIpc) is 2.79. The van der Waals surface area contributed by atoms with Crippen LogP contribution in [0.4, 0.5) is 5.69 Å². The fourth-order valence-corrected chi connectivity index (χ4v) is 4.69. The predicted molar refractivity (Wildman–Crippen MR) is 117 cm³/mol. The maximum Gasteiger partial charge on any atom is 0.265 e. The molecule has 0 unspecified atom stereocenters. The second-order valence-electron chi connectivity index (χ2n) is 7.15. The van der Waals surface area contributed by atoms with Gasteiger partial charge in [-0.05, 0) is 43.2 Å². The van der Waals surface area contributed by atoms with Crippen LogP contribution in [0, 0.1) is 6.92 Å². The third-order valence-corrected chi connectivity index (χ3v) is 6.96. The highest BCUT2D eigenvalue weighted by atomic mass is 32.2. The Hall–Kier alpha value is -2.62. The number of morpholine rings is 1. The number of carbonyl (C=O) groups is 1. The summed E-state index contributed by atoms with van der Waals surface area (Å²) in [7, 11) is -2.25. The van der Waals surface area contributed by atoms with Crippen molar-refractivity contribution in [1.82, 2.24) is 4.31 Å². The van der Waals surface area contributed by atoms with Crippen molar-refractivity contribution in [2.75, 3.05) is 38.7 Å². The van der Waals surface area contributed by atoms with Gasteiger partial charge < -0.3 is 19.5 Å². The molecule has 0 bridgehead atoms. The van der Waals surface area contributed by atoms with E-state index in [1.165, 1.54) is 29.6 Å². The molecule has 3 rings (SSSR count). The van der Waals surface area contributed by atoms with Gasteiger partial charge in [-0.25, -0.2) is 8.42 Å². The monoisotopic (exact) mass is 448 g/mol. The van der Waals surface area contributed by atoms with Gasteiger partial charge in [0.25, 0.3) is 5.91 Å². The topological polar surface area (TPSA) is 94.2 Å². The largest absolute Gasteiger partial charge is 0.495 e. The molecule has 2 aromatic carbocycles. The van der Waals surface area contributed by atoms with Crippen LogP contribution in [-0.4, -0.2) is 58.1 Å². The molecule has 31 heavy (non-hydrogen) atoms. The van der Waals surface area contributed by atoms with Crippen LogP contribution < -0.4 is 14.8 Å². The second-order valence-corrected chi connectivity index (χ2v) is 9.09. The van der Waals surface area contributed by atoms with Gasteiger partial charge in [0.05, 0.1) is 30.9 Å². The van der Waals surface area contributed by atoms with Crippen molar-refractivity contribution >= 4 is 21.6 Å². The number of nitrogens with one attached hydrogen (secondary N) is 1. The first kappa shape index (κ1) is 23.1. The molecule has 0 radical (unpaired) electrons. The van der Waals surface area contributed by atoms with Gasteiger partial charge in [0.2, 0.25) is 10.0 Å². The van der Waals surface area contributed by atoms with E-state index < -0.39 is 16.1 Å². The lowest BCUT2D eigenvalue weighted by molar-refractivity contribution is -0.122. The molecular formula is C22H28N2O6S. The average molecular weight is 449 g/mol. The summed E-state index contributed by atoms with van der Waals surface area (Å²) >= 11 is 0. The van der Waals surface area contributed by atoms with Crippen LogP contribution >= 0.6 is 0 Å². The molecule has 1 amide bonds. The Labute approximate surface area is 183 Å². The van der Waals surface area contributed by atoms with Crippen molar-refractivity contribution in [3.63, 3.8) is 0 Å². The molecule has 0 aromatic heterocycles. The number of nitrogens with zero attached hydrogens (tertiary/aromatic N) is 1. The minimum atomic E-state index is -3.71. The lowest BCUT2D eigenvalue weighted by atomic mass is 10.2. The summed E-state index contributed by atoms with van der Waals surface area (Å²) in [6.07, 6.45) is -0.306. The number of benzene rings is 2. The zero-order valence-corrected chi connectivity index (χ0v) is 18.8. The fraction of sp³-hybridized carbons (Fsp3) is 0.409. The van der Waals surface area contributed by atoms with Gasteiger partial charge in [-0.1, -0.05) is 25.1 Å². The van der Waals surface area contributed by atoms with Crippen LogP contribution in [0.25, 0.3) is 0 Å². The van der Waals surface area contributed by atoms with Gasteiger partial charge in [-0.15, -0.1) is 0 Å². The van der Waals surface area contributed by atoms with E-state index in [1.54, 1.807) is 6.07 Å². The molecule has 1 aliphatic heterocycles. The Morgan fingerprint density at radius 3 is 2.52 bits per heavy atom. The Kier molecular flexibility index (Phi) is 7.53. The number of hydrogen-bond donors (Lipinski definition) is 1. The molecule has 168 valence electrons. The van der Waals surface area contributed by atoms with Crippen molar-refractivity contribution in [3.8, 4) is 11.5 Å². The number of anilines is 1. The summed E-state index contributed by atoms with van der Waals surface area (Å²) in [4.78, 5) is 13.0. The van der Waals surface area contributed by atoms with Crippen LogP contribution in [0.3, 0.4) is 0 Å². The summed E-state index contributed by atoms with van der Waals surface area (Å²) < 4.78 is 43.8. The number of aryl methyl sites for hydroxylation is 1. The molecule has 1 saturated heterocycles. The van der Waals surface area contributed by atoms with Crippen molar-refractivity contribution in [1.29, 1.82) is 0 Å². The maximum atomic E-state index is 13.0. The molecule has 8 nitrogen and oxygen atoms in total. The number of hydrogen-bond acceptors (Lipinski definition) is 6. The third kappa shape index (κ3) is 5.36. The van der Waals surface area contributed by atoms with Crippen LogP contribution in [0.5, 0.6) is 11.5 Å². The molecule has 1 fully saturated rings. The third-order valence-electron chi connectivity index (χ3n) is 5.06. The van der Waals surface area contributed by atoms with E-state index in [-0.39, 0.29) is 29.6 Å². The van der Waals surface area contributed by atoms with E-state index in [9.17, 15) is 13.2 Å². The number of methoxy groups -OCH3 is 1. The lowest BCUT2D eigenvalue weighted by Gasteiger charge is -2.26. The second kappa shape index (κ2) is 10.1. The first-order valence-corrected chi connectivity index (χ1v) is 11.6. The summed E-state index contributed by atoms with van der Waals surface area (Å²) in [5.41, 5.74) is 1.19. The van der Waals surface area contributed by atoms with E-state index in [4.69, 9.17) is 14.2 Å². The predicted octanol–water partition coefficient (Wildman–Crippen LogP) is 2.82. The van der Waals surface area contributed by atoms with Crippen LogP contribution in [0.1, 0.15) is 18.9 Å². The summed E-state index contributed by atoms with van der Waals surface area (Å²) in [6.45, 7) is 5.04. The molecule has 1 aliphatic rings. The van der Waals surface area contributed by atoms with Crippen LogP contribution in [-0.2, 0) is 19.6 Å². The van der Waals surface area contributed by atoms with Crippen molar-refractivity contribution in [2.24, 2.45) is 0 Å². The highest BCUT2D eigenvalue weighted by Gasteiger charge is 2.28. The fourth-order valence-electron chi connectivity index (χ4n) is 3.26. The highest BCUT2D eigenvalue weighted by Crippen LogP contribution is 2.30. The maximum absolute atomic E-state index is 13.0. The minimum absolute atomic E-state index is 0.0818. The number of para-hydroxylation sites is 1. The molecular weight excluding hydrogens is 420 g/mol. The van der Waals surface area contributed by atoms with Crippen molar-refractivity contribution < 1.29 is 27.4 Å². The quantitative estimate of drug-likeness (QED) is 0.667. The van der Waals surface area contributed by atoms with Crippen LogP contribution in [0.2, 0.25) is 0 Å². The van der Waals surface area contributed by atoms with Gasteiger partial charge in [0, 0.05) is 13.1 Å². The molecule has 1 atom stereocenters. The highest BCUT2D eigenvalue weighted by molar-refractivity contribution is 7.89. The number of sulfonamides is 1. The summed E-state index contributed by atoms with van der Waals surface area (Å²) in [6, 6.07) is 11.9. The molecule has 0 saturated carbocycles. The molecule has 1 N–H and O–H groups in total. The SMILES string of the molecule is CC[C@H](Oc1ccccc1C)C(=O)Nc1cc(S(=O)(=O)N2CCOCC2)ccc1OC. The number of rotatable bonds is 8. The van der Waals surface area contributed by atoms with E-state index in [1.807, 2.05) is 32.0 Å². The van der Waals surface area contributed by atoms with Crippen molar-refractivity contribution in [3.05, 3.63) is 48.0 Å². The summed E-state index contributed by atoms with van der Waals surface area (Å²) in [5.74, 6) is 0.602. The normalized spacial score (nSPS) is 15.8. The van der Waals surface area contributed by atoms with E-state index >= 15 is 0 Å². The number of ether oxygens (including phenoxy) is 3. The zero-order chi connectivity index (χ0) is 22.4. The van der Waals surface area contributed by atoms with E-state index in [2.05, 4.69) is 5.32 Å². The minimum Gasteiger partial charge on any atom is -0.495 e. The van der Waals surface area contributed by atoms with Crippen LogP contribution in [0.15, 0.2) is 47.4 Å². The molecule has 1 heterocycles. The Morgan fingerprint density at radius 2 is 1.87 bits per heavy atom. The van der Waals surface area contributed by atoms with Gasteiger partial charge in [0.1, 0.15) is 11.5 Å². The lowest BCUT2D eigenvalue weighted by Crippen LogP contribution is -2.40. The summed E-state index contributed by atoms with van der Waals surface area (Å²) in [5, 5.41) is 2.77. The van der Waals surface area contributed by atoms with Gasteiger partial charge in [-0.3, -0.25) is 4.79 Å². The molecule has 0 aliphatic carbocycles. The van der Waals surface area contributed by atoms with Gasteiger partial charge in [-0.2, -0.15) is 4.31 Å². The van der Waals surface area contributed by atoms with E-state index in [0.29, 0.717) is 31.1 Å². The zero-order valence-electron chi connectivity index (χ0n) is 18.0. The number of carbonyl (C=O) groups excluding carboxylic acids is 1. The molecule has 2 aromatic rings. The van der Waals surface area contributed by atoms with Crippen molar-refractivity contribution in [2.45, 2.75) is 31.3 Å². The van der Waals surface area contributed by atoms with Gasteiger partial charge >= 0.3 is 0 Å². The molecule has 9 heteroatoms. The Morgan fingerprint density at radius 1 is 1.16 bits per heavy atom. The van der Waals surface area contributed by atoms with Gasteiger partial charge in [0.15, 0.2) is 6.10 Å².